The van der Waals surface area contributed by atoms with Crippen LogP contribution in [0.1, 0.15) is 13.8 Å². The number of piperazine rings is 1. The number of rotatable bonds is 4. The van der Waals surface area contributed by atoms with E-state index in [4.69, 9.17) is 0 Å². The molecular formula is C12H22N4O2. The summed E-state index contributed by atoms with van der Waals surface area (Å²) in [4.78, 5) is 29.5. The predicted molar refractivity (Wildman–Crippen MR) is 68.3 cm³/mol. The van der Waals surface area contributed by atoms with Crippen LogP contribution in [0.4, 0.5) is 4.79 Å². The third-order valence-corrected chi connectivity index (χ3v) is 3.74. The average Bonchev–Trinajstić information content (AvgIpc) is 2.68. The molecule has 0 radical (unpaired) electrons. The Bertz CT molecular complexity index is 330. The minimum Gasteiger partial charge on any atom is -0.342 e. The van der Waals surface area contributed by atoms with Gasteiger partial charge >= 0.3 is 6.03 Å². The summed E-state index contributed by atoms with van der Waals surface area (Å²) in [6, 6.07) is 0.248. The van der Waals surface area contributed by atoms with Crippen molar-refractivity contribution in [3.05, 3.63) is 0 Å². The van der Waals surface area contributed by atoms with Crippen LogP contribution in [0.25, 0.3) is 0 Å². The number of nitrogens with zero attached hydrogens (tertiary/aromatic N) is 3. The monoisotopic (exact) mass is 254 g/mol. The fourth-order valence-corrected chi connectivity index (χ4v) is 2.66. The molecule has 0 aromatic carbocycles. The molecule has 1 atom stereocenters. The first kappa shape index (κ1) is 13.1. The van der Waals surface area contributed by atoms with Crippen LogP contribution in [0.2, 0.25) is 0 Å². The van der Waals surface area contributed by atoms with Gasteiger partial charge in [-0.3, -0.25) is 4.79 Å². The number of hydrogen-bond donors (Lipinski definition) is 1. The minimum absolute atomic E-state index is 0.0157. The first-order valence-corrected chi connectivity index (χ1v) is 6.71. The van der Waals surface area contributed by atoms with Gasteiger partial charge in [0.15, 0.2) is 0 Å². The quantitative estimate of drug-likeness (QED) is 0.740. The molecule has 2 aliphatic heterocycles. The number of carbonyl (C=O) groups excluding carboxylic acids is 2. The Labute approximate surface area is 108 Å². The molecule has 0 aromatic rings. The normalized spacial score (nSPS) is 23.2. The average molecular weight is 254 g/mol. The van der Waals surface area contributed by atoms with Crippen molar-refractivity contribution in [3.8, 4) is 0 Å². The highest BCUT2D eigenvalue weighted by Crippen LogP contribution is 2.17. The number of urea groups is 1. The van der Waals surface area contributed by atoms with Gasteiger partial charge in [-0.25, -0.2) is 4.79 Å². The van der Waals surface area contributed by atoms with Gasteiger partial charge in [-0.1, -0.05) is 0 Å². The van der Waals surface area contributed by atoms with Gasteiger partial charge in [-0.15, -0.1) is 0 Å². The van der Waals surface area contributed by atoms with Crippen molar-refractivity contribution in [1.29, 1.82) is 0 Å². The van der Waals surface area contributed by atoms with E-state index in [1.54, 1.807) is 9.80 Å². The van der Waals surface area contributed by atoms with Crippen molar-refractivity contribution < 1.29 is 9.59 Å². The van der Waals surface area contributed by atoms with Crippen molar-refractivity contribution in [2.45, 2.75) is 19.9 Å². The van der Waals surface area contributed by atoms with E-state index in [2.05, 4.69) is 5.32 Å². The molecule has 18 heavy (non-hydrogen) atoms. The minimum atomic E-state index is 0.0157. The largest absolute Gasteiger partial charge is 0.342 e. The lowest BCUT2D eigenvalue weighted by molar-refractivity contribution is -0.131. The standard InChI is InChI=1S/C12H22N4O2/c1-3-14(4-2)11(17)9-15-8-10-7-13-5-6-16(10)12(15)18/h10,13H,3-9H2,1-2H3. The van der Waals surface area contributed by atoms with Crippen LogP contribution in [-0.2, 0) is 4.79 Å². The Kier molecular flexibility index (Phi) is 4.06. The second-order valence-corrected chi connectivity index (χ2v) is 4.78. The third kappa shape index (κ3) is 2.43. The summed E-state index contributed by atoms with van der Waals surface area (Å²) in [5.41, 5.74) is 0. The van der Waals surface area contributed by atoms with E-state index in [1.165, 1.54) is 0 Å². The van der Waals surface area contributed by atoms with E-state index in [-0.39, 0.29) is 24.5 Å². The van der Waals surface area contributed by atoms with Gasteiger partial charge in [0.25, 0.3) is 0 Å². The molecule has 102 valence electrons. The van der Waals surface area contributed by atoms with Crippen molar-refractivity contribution in [2.24, 2.45) is 0 Å². The maximum absolute atomic E-state index is 12.1. The second kappa shape index (κ2) is 5.56. The first-order chi connectivity index (χ1) is 8.67. The van der Waals surface area contributed by atoms with Crippen molar-refractivity contribution >= 4 is 11.9 Å². The zero-order chi connectivity index (χ0) is 13.1. The van der Waals surface area contributed by atoms with Crippen LogP contribution in [0.5, 0.6) is 0 Å². The van der Waals surface area contributed by atoms with E-state index in [0.717, 1.165) is 19.6 Å². The molecule has 1 unspecified atom stereocenters. The number of amides is 3. The maximum atomic E-state index is 12.1. The van der Waals surface area contributed by atoms with E-state index < -0.39 is 0 Å². The molecule has 6 nitrogen and oxygen atoms in total. The lowest BCUT2D eigenvalue weighted by Gasteiger charge is -2.28. The highest BCUT2D eigenvalue weighted by atomic mass is 16.2. The summed E-state index contributed by atoms with van der Waals surface area (Å²) in [5.74, 6) is 0.0427. The molecule has 2 saturated heterocycles. The Balaban J connectivity index is 1.94. The zero-order valence-electron chi connectivity index (χ0n) is 11.2. The summed E-state index contributed by atoms with van der Waals surface area (Å²) in [6.45, 7) is 8.63. The van der Waals surface area contributed by atoms with Crippen LogP contribution < -0.4 is 5.32 Å². The van der Waals surface area contributed by atoms with Gasteiger partial charge in [0.05, 0.1) is 6.04 Å². The van der Waals surface area contributed by atoms with Crippen LogP contribution in [-0.4, -0.2) is 78.5 Å². The molecule has 2 rings (SSSR count). The van der Waals surface area contributed by atoms with Crippen LogP contribution in [0, 0.1) is 0 Å². The third-order valence-electron chi connectivity index (χ3n) is 3.74. The molecule has 0 aromatic heterocycles. The highest BCUT2D eigenvalue weighted by Gasteiger charge is 2.39. The summed E-state index contributed by atoms with van der Waals surface area (Å²) in [7, 11) is 0. The maximum Gasteiger partial charge on any atom is 0.320 e. The Hall–Kier alpha value is -1.30. The van der Waals surface area contributed by atoms with E-state index in [0.29, 0.717) is 19.6 Å². The van der Waals surface area contributed by atoms with Crippen molar-refractivity contribution in [2.75, 3.05) is 45.8 Å². The number of carbonyl (C=O) groups is 2. The van der Waals surface area contributed by atoms with Crippen molar-refractivity contribution in [1.82, 2.24) is 20.0 Å². The number of fused-ring (bicyclic) bond motifs is 1. The molecule has 0 aliphatic carbocycles. The molecule has 2 aliphatic rings. The lowest BCUT2D eigenvalue weighted by atomic mass is 10.2. The van der Waals surface area contributed by atoms with Gasteiger partial charge in [0, 0.05) is 39.3 Å². The van der Waals surface area contributed by atoms with E-state index >= 15 is 0 Å². The Morgan fingerprint density at radius 2 is 2.17 bits per heavy atom. The van der Waals surface area contributed by atoms with Gasteiger partial charge < -0.3 is 20.0 Å². The first-order valence-electron chi connectivity index (χ1n) is 6.71. The number of hydrogen-bond acceptors (Lipinski definition) is 3. The fourth-order valence-electron chi connectivity index (χ4n) is 2.66. The molecular weight excluding hydrogens is 232 g/mol. The van der Waals surface area contributed by atoms with Gasteiger partial charge in [0.2, 0.25) is 5.91 Å². The van der Waals surface area contributed by atoms with Gasteiger partial charge in [-0.2, -0.15) is 0 Å². The Morgan fingerprint density at radius 3 is 2.78 bits per heavy atom. The topological polar surface area (TPSA) is 55.9 Å². The van der Waals surface area contributed by atoms with Crippen molar-refractivity contribution in [3.63, 3.8) is 0 Å². The second-order valence-electron chi connectivity index (χ2n) is 4.78. The van der Waals surface area contributed by atoms with E-state index in [1.807, 2.05) is 18.7 Å². The molecule has 1 N–H and O–H groups in total. The molecule has 3 amide bonds. The van der Waals surface area contributed by atoms with Gasteiger partial charge in [-0.05, 0) is 13.8 Å². The molecule has 0 saturated carbocycles. The molecule has 6 heteroatoms. The summed E-state index contributed by atoms with van der Waals surface area (Å²) >= 11 is 0. The van der Waals surface area contributed by atoms with Gasteiger partial charge in [0.1, 0.15) is 6.54 Å². The van der Waals surface area contributed by atoms with Crippen LogP contribution >= 0.6 is 0 Å². The fraction of sp³-hybridized carbons (Fsp3) is 0.833. The summed E-state index contributed by atoms with van der Waals surface area (Å²) in [6.07, 6.45) is 0. The molecule has 2 fully saturated rings. The molecule has 0 bridgehead atoms. The smallest absolute Gasteiger partial charge is 0.320 e. The highest BCUT2D eigenvalue weighted by molar-refractivity contribution is 5.85. The molecule has 2 heterocycles. The van der Waals surface area contributed by atoms with Crippen LogP contribution in [0.15, 0.2) is 0 Å². The van der Waals surface area contributed by atoms with Crippen LogP contribution in [0.3, 0.4) is 0 Å². The summed E-state index contributed by atoms with van der Waals surface area (Å²) < 4.78 is 0. The summed E-state index contributed by atoms with van der Waals surface area (Å²) in [5, 5.41) is 3.28. The number of likely N-dealkylation sites (N-methyl/N-ethyl adjacent to an activating group) is 1. The van der Waals surface area contributed by atoms with E-state index in [9.17, 15) is 9.59 Å². The SMILES string of the molecule is CCN(CC)C(=O)CN1CC2CNCCN2C1=O. The lowest BCUT2D eigenvalue weighted by Crippen LogP contribution is -2.50. The Morgan fingerprint density at radius 1 is 1.44 bits per heavy atom. The zero-order valence-corrected chi connectivity index (χ0v) is 11.2. The molecule has 0 spiro atoms. The predicted octanol–water partition coefficient (Wildman–Crippen LogP) is -0.436. The number of nitrogens with one attached hydrogen (secondary N) is 1.